The third-order valence-corrected chi connectivity index (χ3v) is 12.5. The zero-order valence-corrected chi connectivity index (χ0v) is 35.0. The maximum absolute atomic E-state index is 13.6. The molecule has 13 nitrogen and oxygen atoms in total. The summed E-state index contributed by atoms with van der Waals surface area (Å²) in [4.78, 5) is 30.9. The number of benzene rings is 1. The van der Waals surface area contributed by atoms with E-state index in [-0.39, 0.29) is 26.0 Å². The van der Waals surface area contributed by atoms with Crippen molar-refractivity contribution in [1.29, 1.82) is 0 Å². The fourth-order valence-corrected chi connectivity index (χ4v) is 7.73. The van der Waals surface area contributed by atoms with Crippen LogP contribution in [0.1, 0.15) is 97.5 Å². The molecule has 53 heavy (non-hydrogen) atoms. The molecule has 0 bridgehead atoms. The molecule has 1 fully saturated rings. The Morgan fingerprint density at radius 1 is 1.06 bits per heavy atom. The number of hydrazine groups is 1. The molecule has 2 aliphatic rings. The number of ether oxygens (including phenoxy) is 5. The van der Waals surface area contributed by atoms with Gasteiger partial charge in [0, 0.05) is 49.8 Å². The molecular formula is C38H61N5O8SSi. The van der Waals surface area contributed by atoms with Gasteiger partial charge in [-0.25, -0.2) is 14.6 Å². The molecule has 2 aromatic rings. The second-order valence-electron chi connectivity index (χ2n) is 15.5. The summed E-state index contributed by atoms with van der Waals surface area (Å²) >= 11 is -1.35. The van der Waals surface area contributed by atoms with E-state index >= 15 is 0 Å². The van der Waals surface area contributed by atoms with E-state index in [1.807, 2.05) is 39.1 Å². The Labute approximate surface area is 320 Å². The van der Waals surface area contributed by atoms with E-state index in [0.717, 1.165) is 66.7 Å². The summed E-state index contributed by atoms with van der Waals surface area (Å²) in [6.07, 6.45) is 8.90. The second kappa shape index (κ2) is 19.1. The number of fused-ring (bicyclic) bond motifs is 1. The molecule has 3 heterocycles. The van der Waals surface area contributed by atoms with E-state index in [0.29, 0.717) is 31.1 Å². The summed E-state index contributed by atoms with van der Waals surface area (Å²) in [5.41, 5.74) is 2.83. The summed E-state index contributed by atoms with van der Waals surface area (Å²) in [6.45, 7) is 20.8. The summed E-state index contributed by atoms with van der Waals surface area (Å²) in [6, 6.07) is 6.33. The fraction of sp³-hybridized carbons (Fsp3) is 0.658. The van der Waals surface area contributed by atoms with Gasteiger partial charge in [0.15, 0.2) is 5.79 Å². The smallest absolute Gasteiger partial charge is 0.434 e. The van der Waals surface area contributed by atoms with Gasteiger partial charge >= 0.3 is 12.2 Å². The molecule has 296 valence electrons. The largest absolute Gasteiger partial charge is 0.598 e. The van der Waals surface area contributed by atoms with E-state index in [1.54, 1.807) is 26.0 Å². The lowest BCUT2D eigenvalue weighted by atomic mass is 10.0. The van der Waals surface area contributed by atoms with Crippen LogP contribution in [0.3, 0.4) is 0 Å². The van der Waals surface area contributed by atoms with Gasteiger partial charge in [0.25, 0.3) is 0 Å². The number of aromatic nitrogens is 2. The normalized spacial score (nSPS) is 16.8. The predicted octanol–water partition coefficient (Wildman–Crippen LogP) is 8.38. The van der Waals surface area contributed by atoms with Crippen LogP contribution in [0.25, 0.3) is 17.3 Å². The van der Waals surface area contributed by atoms with Gasteiger partial charge in [0.2, 0.25) is 0 Å². The SMILES string of the molecule is CCOC(=O)N1C=Cc2cc(-c3cnc([C@H](CCCCCC4(CC)OCCO4)N[S@+]([O-])C(C)(C)C)n3COCC[Si](C)(C)C)ccc2N1C(=O)OCC. The van der Waals surface area contributed by atoms with Crippen molar-refractivity contribution in [2.45, 2.75) is 129 Å². The first-order valence-corrected chi connectivity index (χ1v) is 23.8. The van der Waals surface area contributed by atoms with Gasteiger partial charge in [-0.15, -0.1) is 4.72 Å². The average molecular weight is 776 g/mol. The van der Waals surface area contributed by atoms with Crippen LogP contribution in [0.2, 0.25) is 25.7 Å². The van der Waals surface area contributed by atoms with Gasteiger partial charge in [-0.05, 0) is 78.1 Å². The van der Waals surface area contributed by atoms with Crippen molar-refractivity contribution < 1.29 is 37.8 Å². The molecule has 0 unspecified atom stereocenters. The number of amides is 2. The number of carbonyl (C=O) groups excluding carboxylic acids is 2. The van der Waals surface area contributed by atoms with Crippen molar-refractivity contribution >= 4 is 43.4 Å². The average Bonchev–Trinajstić information content (AvgIpc) is 3.76. The minimum absolute atomic E-state index is 0.139. The number of hydrogen-bond donors (Lipinski definition) is 1. The van der Waals surface area contributed by atoms with E-state index in [9.17, 15) is 14.1 Å². The maximum Gasteiger partial charge on any atom is 0.434 e. The Hall–Kier alpha value is -2.92. The molecule has 2 atom stereocenters. The van der Waals surface area contributed by atoms with Crippen LogP contribution in [0.15, 0.2) is 30.6 Å². The van der Waals surface area contributed by atoms with Gasteiger partial charge in [-0.2, -0.15) is 10.0 Å². The highest BCUT2D eigenvalue weighted by Gasteiger charge is 2.36. The van der Waals surface area contributed by atoms with Crippen molar-refractivity contribution in [3.63, 3.8) is 0 Å². The molecule has 0 aliphatic carbocycles. The summed E-state index contributed by atoms with van der Waals surface area (Å²) in [7, 11) is -1.34. The molecule has 15 heteroatoms. The summed E-state index contributed by atoms with van der Waals surface area (Å²) in [5, 5.41) is 2.29. The second-order valence-corrected chi connectivity index (χ2v) is 23.2. The summed E-state index contributed by atoms with van der Waals surface area (Å²) < 4.78 is 47.3. The molecule has 2 aliphatic heterocycles. The van der Waals surface area contributed by atoms with Crippen LogP contribution in [-0.4, -0.2) is 82.9 Å². The molecule has 0 saturated carbocycles. The van der Waals surface area contributed by atoms with E-state index < -0.39 is 42.2 Å². The quantitative estimate of drug-likeness (QED) is 0.0893. The first-order valence-electron chi connectivity index (χ1n) is 19.0. The molecule has 0 radical (unpaired) electrons. The number of nitrogens with zero attached hydrogens (tertiary/aromatic N) is 4. The number of rotatable bonds is 18. The molecule has 1 N–H and O–H groups in total. The molecule has 4 rings (SSSR count). The first-order chi connectivity index (χ1) is 25.1. The van der Waals surface area contributed by atoms with Crippen molar-refractivity contribution in [3.8, 4) is 11.3 Å². The van der Waals surface area contributed by atoms with Crippen LogP contribution in [-0.2, 0) is 41.8 Å². The predicted molar refractivity (Wildman–Crippen MR) is 211 cm³/mol. The third-order valence-electron chi connectivity index (χ3n) is 9.18. The van der Waals surface area contributed by atoms with Gasteiger partial charge in [0.05, 0.1) is 44.0 Å². The third kappa shape index (κ3) is 11.5. The number of unbranched alkanes of at least 4 members (excludes halogenated alkanes) is 2. The van der Waals surface area contributed by atoms with Crippen LogP contribution in [0, 0.1) is 0 Å². The molecule has 1 aromatic carbocycles. The Morgan fingerprint density at radius 2 is 1.75 bits per heavy atom. The topological polar surface area (TPSA) is 140 Å². The minimum atomic E-state index is -1.35. The van der Waals surface area contributed by atoms with Gasteiger partial charge in [-0.1, -0.05) is 45.5 Å². The van der Waals surface area contributed by atoms with E-state index in [1.165, 1.54) is 11.2 Å². The molecule has 2 amide bonds. The first kappa shape index (κ1) is 42.8. The van der Waals surface area contributed by atoms with Crippen molar-refractivity contribution in [3.05, 3.63) is 42.0 Å². The molecule has 0 spiro atoms. The lowest BCUT2D eigenvalue weighted by Crippen LogP contribution is -2.49. The van der Waals surface area contributed by atoms with Gasteiger partial charge < -0.3 is 32.8 Å². The zero-order chi connectivity index (χ0) is 38.8. The zero-order valence-electron chi connectivity index (χ0n) is 33.2. The molecule has 1 saturated heterocycles. The number of nitrogens with one attached hydrogen (secondary N) is 1. The maximum atomic E-state index is 13.6. The fourth-order valence-electron chi connectivity index (χ4n) is 6.13. The van der Waals surface area contributed by atoms with Crippen LogP contribution >= 0.6 is 0 Å². The Bertz CT molecular complexity index is 1540. The van der Waals surface area contributed by atoms with E-state index in [2.05, 4.69) is 35.9 Å². The highest BCUT2D eigenvalue weighted by Crippen LogP contribution is 2.36. The van der Waals surface area contributed by atoms with E-state index in [4.69, 9.17) is 28.7 Å². The highest BCUT2D eigenvalue weighted by molar-refractivity contribution is 7.90. The lowest BCUT2D eigenvalue weighted by molar-refractivity contribution is -0.164. The van der Waals surface area contributed by atoms with Crippen molar-refractivity contribution in [2.75, 3.05) is 38.0 Å². The lowest BCUT2D eigenvalue weighted by Gasteiger charge is -2.34. The monoisotopic (exact) mass is 775 g/mol. The standard InChI is InChI=1S/C38H61N5O8SSi/c1-10-38(50-22-23-51-38)20-15-13-14-16-31(40-52(46)37(4,5)6)34-39-27-33(41(34)28-47-24-25-53(7,8)9)29-17-18-32-30(26-29)19-21-42(35(44)48-11-2)43(32)36(45)49-12-3/h17-19,21,26-27,31,40H,10-16,20,22-25,28H2,1-9H3/t31-,52+/m0/s1. The Balaban J connectivity index is 1.67. The Morgan fingerprint density at radius 3 is 2.40 bits per heavy atom. The van der Waals surface area contributed by atoms with Crippen LogP contribution in [0.4, 0.5) is 15.3 Å². The molecular weight excluding hydrogens is 715 g/mol. The highest BCUT2D eigenvalue weighted by atomic mass is 32.2. The number of carbonyl (C=O) groups is 2. The van der Waals surface area contributed by atoms with Gasteiger partial charge in [-0.3, -0.25) is 0 Å². The van der Waals surface area contributed by atoms with Crippen LogP contribution in [0.5, 0.6) is 0 Å². The van der Waals surface area contributed by atoms with Crippen molar-refractivity contribution in [1.82, 2.24) is 19.3 Å². The molecule has 1 aromatic heterocycles. The summed E-state index contributed by atoms with van der Waals surface area (Å²) in [5.74, 6) is 0.270. The van der Waals surface area contributed by atoms with Crippen LogP contribution < -0.4 is 9.73 Å². The number of imidazole rings is 1. The van der Waals surface area contributed by atoms with Crippen molar-refractivity contribution in [2.24, 2.45) is 0 Å². The minimum Gasteiger partial charge on any atom is -0.598 e. The number of hydrogen-bond acceptors (Lipinski definition) is 10. The number of anilines is 1. The van der Waals surface area contributed by atoms with Gasteiger partial charge in [0.1, 0.15) is 23.3 Å². The Kier molecular flexibility index (Phi) is 15.4.